The third-order valence-corrected chi connectivity index (χ3v) is 7.55. The minimum Gasteiger partial charge on any atom is -0.374 e. The van der Waals surface area contributed by atoms with Gasteiger partial charge in [-0.1, -0.05) is 9.39 Å². The number of urea groups is 1. The fraction of sp³-hybridized carbons (Fsp3) is 0.900. The SMILES string of the molecule is CC(C)=O.CCO[Si](CCCNC(=O)NC(C)NCCN(P)CCNC)(OCC)OCC. The van der Waals surface area contributed by atoms with Gasteiger partial charge in [0.15, 0.2) is 0 Å². The molecule has 32 heavy (non-hydrogen) atoms. The number of amides is 2. The third kappa shape index (κ3) is 21.2. The Morgan fingerprint density at radius 1 is 0.969 bits per heavy atom. The summed E-state index contributed by atoms with van der Waals surface area (Å²) >= 11 is 0. The molecule has 0 radical (unpaired) electrons. The zero-order chi connectivity index (χ0) is 24.8. The van der Waals surface area contributed by atoms with Crippen molar-refractivity contribution < 1.29 is 22.9 Å². The minimum absolute atomic E-state index is 0.105. The van der Waals surface area contributed by atoms with Crippen LogP contribution < -0.4 is 21.3 Å². The number of Topliss-reactive ketones (excluding diaryl/α,β-unsaturated/α-hetero) is 1. The first-order valence-electron chi connectivity index (χ1n) is 11.5. The highest BCUT2D eigenvalue weighted by atomic mass is 31.0. The molecule has 0 aromatic heterocycles. The van der Waals surface area contributed by atoms with Gasteiger partial charge in [-0.05, 0) is 55.0 Å². The van der Waals surface area contributed by atoms with Crippen LogP contribution in [0.4, 0.5) is 4.79 Å². The van der Waals surface area contributed by atoms with Crippen molar-refractivity contribution in [1.82, 2.24) is 25.9 Å². The average Bonchev–Trinajstić information content (AvgIpc) is 2.70. The van der Waals surface area contributed by atoms with E-state index in [0.29, 0.717) is 32.4 Å². The molecule has 12 heteroatoms. The Morgan fingerprint density at radius 3 is 1.94 bits per heavy atom. The van der Waals surface area contributed by atoms with Gasteiger partial charge in [-0.2, -0.15) is 0 Å². The summed E-state index contributed by atoms with van der Waals surface area (Å²) in [4.78, 5) is 21.5. The summed E-state index contributed by atoms with van der Waals surface area (Å²) in [6, 6.07) is 0.502. The van der Waals surface area contributed by atoms with Gasteiger partial charge in [0.25, 0.3) is 0 Å². The molecule has 4 N–H and O–H groups in total. The lowest BCUT2D eigenvalue weighted by molar-refractivity contribution is -0.115. The summed E-state index contributed by atoms with van der Waals surface area (Å²) in [5, 5.41) is 12.2. The van der Waals surface area contributed by atoms with Crippen LogP contribution in [0.5, 0.6) is 0 Å². The van der Waals surface area contributed by atoms with Crippen molar-refractivity contribution >= 4 is 30.0 Å². The second-order valence-corrected chi connectivity index (χ2v) is 10.7. The zero-order valence-corrected chi connectivity index (χ0v) is 23.4. The fourth-order valence-electron chi connectivity index (χ4n) is 2.60. The summed E-state index contributed by atoms with van der Waals surface area (Å²) in [5.41, 5.74) is 0. The first-order valence-corrected chi connectivity index (χ1v) is 13.9. The smallest absolute Gasteiger partial charge is 0.374 e. The molecule has 0 saturated heterocycles. The number of hydrogen-bond donors (Lipinski definition) is 4. The van der Waals surface area contributed by atoms with Gasteiger partial charge in [0.2, 0.25) is 0 Å². The number of nitrogens with zero attached hydrogens (tertiary/aromatic N) is 1. The highest BCUT2D eigenvalue weighted by Gasteiger charge is 2.39. The predicted octanol–water partition coefficient (Wildman–Crippen LogP) is 1.57. The lowest BCUT2D eigenvalue weighted by Gasteiger charge is -2.28. The van der Waals surface area contributed by atoms with Crippen LogP contribution in [0.1, 0.15) is 48.0 Å². The Balaban J connectivity index is 0. The van der Waals surface area contributed by atoms with Crippen LogP contribution in [0.25, 0.3) is 0 Å². The van der Waals surface area contributed by atoms with E-state index >= 15 is 0 Å². The van der Waals surface area contributed by atoms with Crippen LogP contribution in [0.3, 0.4) is 0 Å². The Morgan fingerprint density at radius 2 is 1.47 bits per heavy atom. The first kappa shape index (κ1) is 33.5. The number of rotatable bonds is 18. The summed E-state index contributed by atoms with van der Waals surface area (Å²) in [6.45, 7) is 16.6. The van der Waals surface area contributed by atoms with Gasteiger partial charge in [0.1, 0.15) is 5.78 Å². The van der Waals surface area contributed by atoms with Crippen LogP contribution in [0.2, 0.25) is 6.04 Å². The zero-order valence-electron chi connectivity index (χ0n) is 21.2. The van der Waals surface area contributed by atoms with Gasteiger partial charge in [0.05, 0.1) is 6.17 Å². The molecule has 0 aliphatic heterocycles. The first-order chi connectivity index (χ1) is 15.2. The Hall–Kier alpha value is -0.653. The molecule has 10 nitrogen and oxygen atoms in total. The monoisotopic (exact) mass is 497 g/mol. The summed E-state index contributed by atoms with van der Waals surface area (Å²) < 4.78 is 19.6. The number of hydrogen-bond acceptors (Lipinski definition) is 8. The number of ketones is 1. The van der Waals surface area contributed by atoms with Crippen molar-refractivity contribution in [1.29, 1.82) is 0 Å². The normalized spacial score (nSPS) is 12.2. The Kier molecular flexibility index (Phi) is 23.2. The van der Waals surface area contributed by atoms with Crippen molar-refractivity contribution in [3.8, 4) is 0 Å². The van der Waals surface area contributed by atoms with E-state index in [1.807, 2.05) is 34.7 Å². The molecule has 2 unspecified atom stereocenters. The molecule has 0 fully saturated rings. The lowest BCUT2D eigenvalue weighted by Crippen LogP contribution is -2.49. The van der Waals surface area contributed by atoms with E-state index < -0.39 is 8.80 Å². The molecule has 0 spiro atoms. The van der Waals surface area contributed by atoms with Gasteiger partial charge >= 0.3 is 14.8 Å². The largest absolute Gasteiger partial charge is 0.500 e. The summed E-state index contributed by atoms with van der Waals surface area (Å²) in [7, 11) is 2.02. The van der Waals surface area contributed by atoms with Crippen molar-refractivity contribution in [2.75, 3.05) is 59.6 Å². The van der Waals surface area contributed by atoms with Gasteiger partial charge in [0, 0.05) is 58.6 Å². The predicted molar refractivity (Wildman–Crippen MR) is 136 cm³/mol. The van der Waals surface area contributed by atoms with E-state index in [2.05, 4.69) is 35.3 Å². The van der Waals surface area contributed by atoms with Crippen LogP contribution in [0, 0.1) is 0 Å². The average molecular weight is 498 g/mol. The summed E-state index contributed by atoms with van der Waals surface area (Å²) in [6.07, 6.45) is 0.640. The second kappa shape index (κ2) is 22.2. The molecule has 0 saturated carbocycles. The molecule has 192 valence electrons. The Bertz CT molecular complexity index is 459. The van der Waals surface area contributed by atoms with E-state index in [0.717, 1.165) is 32.6 Å². The second-order valence-electron chi connectivity index (χ2n) is 7.21. The molecule has 2 atom stereocenters. The van der Waals surface area contributed by atoms with Gasteiger partial charge in [-0.15, -0.1) is 0 Å². The molecule has 0 heterocycles. The van der Waals surface area contributed by atoms with Crippen LogP contribution in [0.15, 0.2) is 0 Å². The lowest BCUT2D eigenvalue weighted by atomic mass is 10.4. The molecule has 2 amide bonds. The number of likely N-dealkylation sites (N-methyl/N-ethyl adjacent to an activating group) is 1. The fourth-order valence-corrected chi connectivity index (χ4v) is 5.47. The molecule has 0 aliphatic carbocycles. The van der Waals surface area contributed by atoms with Crippen LogP contribution >= 0.6 is 9.39 Å². The molecule has 0 aliphatic rings. The van der Waals surface area contributed by atoms with Gasteiger partial charge < -0.3 is 34.0 Å². The van der Waals surface area contributed by atoms with Gasteiger partial charge in [-0.25, -0.2) is 4.79 Å². The van der Waals surface area contributed by atoms with E-state index in [-0.39, 0.29) is 18.0 Å². The quantitative estimate of drug-likeness (QED) is 0.0977. The summed E-state index contributed by atoms with van der Waals surface area (Å²) in [5.74, 6) is 0.167. The van der Waals surface area contributed by atoms with E-state index in [1.165, 1.54) is 13.8 Å². The number of nitrogens with one attached hydrogen (secondary N) is 4. The highest BCUT2D eigenvalue weighted by Crippen LogP contribution is 2.17. The molecule has 0 rings (SSSR count). The molecular weight excluding hydrogens is 449 g/mol. The maximum Gasteiger partial charge on any atom is 0.500 e. The standard InChI is InChI=1S/C17H42N5O4PSi.C3H6O/c1-6-24-28(25-7-2,26-8-3)15-9-10-20-17(23)21-16(4)19-12-14-22(27)13-11-18-5;1-3(2)4/h16,18-19H,6-15,27H2,1-5H3,(H2,20,21,23);1-2H3. The van der Waals surface area contributed by atoms with Crippen molar-refractivity contribution in [2.24, 2.45) is 0 Å². The van der Waals surface area contributed by atoms with Crippen molar-refractivity contribution in [2.45, 2.75) is 60.2 Å². The molecule has 0 aromatic rings. The molecule has 0 bridgehead atoms. The number of carbonyl (C=O) groups excluding carboxylic acids is 2. The van der Waals surface area contributed by atoms with Crippen LogP contribution in [-0.4, -0.2) is 91.0 Å². The Labute approximate surface area is 198 Å². The van der Waals surface area contributed by atoms with Crippen molar-refractivity contribution in [3.05, 3.63) is 0 Å². The van der Waals surface area contributed by atoms with E-state index in [9.17, 15) is 9.59 Å². The third-order valence-electron chi connectivity index (χ3n) is 3.88. The van der Waals surface area contributed by atoms with Crippen molar-refractivity contribution in [3.63, 3.8) is 0 Å². The number of carbonyl (C=O) groups is 2. The highest BCUT2D eigenvalue weighted by molar-refractivity contribution is 7.13. The molecular formula is C20H48N5O5PSi. The minimum atomic E-state index is -2.63. The topological polar surface area (TPSA) is 113 Å². The van der Waals surface area contributed by atoms with Gasteiger partial charge in [-0.3, -0.25) is 9.99 Å². The maximum atomic E-state index is 12.0. The maximum absolute atomic E-state index is 12.0. The van der Waals surface area contributed by atoms with E-state index in [1.54, 1.807) is 0 Å². The van der Waals surface area contributed by atoms with E-state index in [4.69, 9.17) is 13.3 Å². The molecule has 0 aromatic carbocycles. The van der Waals surface area contributed by atoms with Crippen LogP contribution in [-0.2, 0) is 18.1 Å².